The van der Waals surface area contributed by atoms with Crippen LogP contribution in [0.3, 0.4) is 0 Å². The maximum Gasteiger partial charge on any atom is 0.0544 e. The van der Waals surface area contributed by atoms with Gasteiger partial charge < -0.3 is 5.73 Å². The summed E-state index contributed by atoms with van der Waals surface area (Å²) in [7, 11) is 0. The molecule has 0 saturated heterocycles. The highest BCUT2D eigenvalue weighted by atomic mass is 15.1. The van der Waals surface area contributed by atoms with Crippen LogP contribution in [0.1, 0.15) is 35.2 Å². The number of pyridine rings is 1. The molecule has 1 aliphatic rings. The molecule has 1 aliphatic carbocycles. The van der Waals surface area contributed by atoms with E-state index in [2.05, 4.69) is 21.2 Å². The van der Waals surface area contributed by atoms with Gasteiger partial charge in [-0.25, -0.2) is 0 Å². The van der Waals surface area contributed by atoms with Crippen molar-refractivity contribution in [2.75, 3.05) is 0 Å². The molecule has 0 fully saturated rings. The molecular formula is C13H14N4. The molecule has 17 heavy (non-hydrogen) atoms. The molecule has 4 heteroatoms. The van der Waals surface area contributed by atoms with Crippen molar-refractivity contribution in [3.05, 3.63) is 53.6 Å². The first-order chi connectivity index (χ1) is 8.36. The molecule has 2 N–H and O–H groups in total. The average Bonchev–Trinajstić information content (AvgIpc) is 2.83. The van der Waals surface area contributed by atoms with E-state index in [0.717, 1.165) is 24.1 Å². The van der Waals surface area contributed by atoms with Crippen LogP contribution in [-0.4, -0.2) is 15.2 Å². The first kappa shape index (κ1) is 10.4. The fraction of sp³-hybridized carbons (Fsp3) is 0.308. The van der Waals surface area contributed by atoms with E-state index in [1.54, 1.807) is 12.4 Å². The molecule has 2 unspecified atom stereocenters. The molecular weight excluding hydrogens is 212 g/mol. The normalized spacial score (nSPS) is 19.9. The zero-order valence-corrected chi connectivity index (χ0v) is 9.45. The van der Waals surface area contributed by atoms with Gasteiger partial charge in [0.05, 0.1) is 6.20 Å². The Bertz CT molecular complexity index is 512. The number of hydrogen-bond acceptors (Lipinski definition) is 4. The highest BCUT2D eigenvalue weighted by molar-refractivity contribution is 5.32. The predicted octanol–water partition coefficient (Wildman–Crippen LogP) is 1.60. The standard InChI is InChI=1S/C13H14N4/c14-12(10-5-7-16-17-8-10)11-4-3-9-2-1-6-15-13(9)11/h1-2,5-8,11-12H,3-4,14H2. The van der Waals surface area contributed by atoms with Crippen LogP contribution in [0.5, 0.6) is 0 Å². The van der Waals surface area contributed by atoms with Crippen molar-refractivity contribution in [2.24, 2.45) is 5.73 Å². The van der Waals surface area contributed by atoms with Gasteiger partial charge in [0.25, 0.3) is 0 Å². The van der Waals surface area contributed by atoms with Crippen molar-refractivity contribution in [1.29, 1.82) is 0 Å². The van der Waals surface area contributed by atoms with E-state index in [1.807, 2.05) is 18.3 Å². The Labute approximate surface area is 99.9 Å². The van der Waals surface area contributed by atoms with Gasteiger partial charge in [-0.15, -0.1) is 0 Å². The topological polar surface area (TPSA) is 64.7 Å². The minimum Gasteiger partial charge on any atom is -0.323 e. The number of aromatic nitrogens is 3. The molecule has 0 radical (unpaired) electrons. The molecule has 0 amide bonds. The first-order valence-electron chi connectivity index (χ1n) is 5.82. The van der Waals surface area contributed by atoms with Crippen molar-refractivity contribution < 1.29 is 0 Å². The zero-order chi connectivity index (χ0) is 11.7. The van der Waals surface area contributed by atoms with Crippen LogP contribution in [0.4, 0.5) is 0 Å². The van der Waals surface area contributed by atoms with Crippen LogP contribution in [-0.2, 0) is 6.42 Å². The Morgan fingerprint density at radius 3 is 3.00 bits per heavy atom. The minimum absolute atomic E-state index is 0.0401. The second-order valence-electron chi connectivity index (χ2n) is 4.39. The molecule has 3 rings (SSSR count). The number of aryl methyl sites for hydroxylation is 1. The van der Waals surface area contributed by atoms with Gasteiger partial charge in [-0.1, -0.05) is 6.07 Å². The first-order valence-corrected chi connectivity index (χ1v) is 5.82. The van der Waals surface area contributed by atoms with Crippen molar-refractivity contribution in [3.8, 4) is 0 Å². The van der Waals surface area contributed by atoms with Crippen LogP contribution in [0.2, 0.25) is 0 Å². The van der Waals surface area contributed by atoms with Gasteiger partial charge >= 0.3 is 0 Å². The largest absolute Gasteiger partial charge is 0.323 e. The lowest BCUT2D eigenvalue weighted by atomic mass is 9.93. The number of hydrogen-bond donors (Lipinski definition) is 1. The summed E-state index contributed by atoms with van der Waals surface area (Å²) in [5.74, 6) is 0.301. The Hall–Kier alpha value is -1.81. The molecule has 86 valence electrons. The summed E-state index contributed by atoms with van der Waals surface area (Å²) in [4.78, 5) is 4.47. The monoisotopic (exact) mass is 226 g/mol. The van der Waals surface area contributed by atoms with Gasteiger partial charge in [0.15, 0.2) is 0 Å². The molecule has 0 aliphatic heterocycles. The summed E-state index contributed by atoms with van der Waals surface area (Å²) >= 11 is 0. The molecule has 2 atom stereocenters. The van der Waals surface area contributed by atoms with Crippen LogP contribution in [0.15, 0.2) is 36.8 Å². The fourth-order valence-corrected chi connectivity index (χ4v) is 2.52. The van der Waals surface area contributed by atoms with Gasteiger partial charge in [0.2, 0.25) is 0 Å². The molecule has 2 aromatic rings. The third-order valence-electron chi connectivity index (χ3n) is 3.43. The van der Waals surface area contributed by atoms with Crippen LogP contribution < -0.4 is 5.73 Å². The fourth-order valence-electron chi connectivity index (χ4n) is 2.52. The maximum atomic E-state index is 6.31. The van der Waals surface area contributed by atoms with Crippen LogP contribution in [0.25, 0.3) is 0 Å². The highest BCUT2D eigenvalue weighted by Crippen LogP contribution is 2.38. The third-order valence-corrected chi connectivity index (χ3v) is 3.43. The number of nitrogens with zero attached hydrogens (tertiary/aromatic N) is 3. The maximum absolute atomic E-state index is 6.31. The van der Waals surface area contributed by atoms with Crippen molar-refractivity contribution in [3.63, 3.8) is 0 Å². The Morgan fingerprint density at radius 1 is 1.24 bits per heavy atom. The van der Waals surface area contributed by atoms with E-state index >= 15 is 0 Å². The summed E-state index contributed by atoms with van der Waals surface area (Å²) in [6, 6.07) is 6.01. The zero-order valence-electron chi connectivity index (χ0n) is 9.45. The minimum atomic E-state index is -0.0401. The van der Waals surface area contributed by atoms with E-state index in [0.29, 0.717) is 5.92 Å². The second kappa shape index (κ2) is 4.22. The summed E-state index contributed by atoms with van der Waals surface area (Å²) < 4.78 is 0. The highest BCUT2D eigenvalue weighted by Gasteiger charge is 2.29. The Morgan fingerprint density at radius 2 is 2.18 bits per heavy atom. The van der Waals surface area contributed by atoms with Crippen LogP contribution >= 0.6 is 0 Å². The van der Waals surface area contributed by atoms with Gasteiger partial charge in [-0.3, -0.25) is 4.98 Å². The lowest BCUT2D eigenvalue weighted by Crippen LogP contribution is -2.19. The lowest BCUT2D eigenvalue weighted by molar-refractivity contribution is 0.538. The Balaban J connectivity index is 1.92. The third kappa shape index (κ3) is 1.80. The molecule has 0 bridgehead atoms. The van der Waals surface area contributed by atoms with Crippen LogP contribution in [0, 0.1) is 0 Å². The van der Waals surface area contributed by atoms with Gasteiger partial charge in [-0.05, 0) is 36.1 Å². The van der Waals surface area contributed by atoms with Crippen molar-refractivity contribution in [1.82, 2.24) is 15.2 Å². The molecule has 2 aromatic heterocycles. The quantitative estimate of drug-likeness (QED) is 0.844. The summed E-state index contributed by atoms with van der Waals surface area (Å²) in [5, 5.41) is 7.66. The summed E-state index contributed by atoms with van der Waals surface area (Å²) in [5.41, 5.74) is 9.82. The van der Waals surface area contributed by atoms with E-state index in [-0.39, 0.29) is 6.04 Å². The molecule has 4 nitrogen and oxygen atoms in total. The lowest BCUT2D eigenvalue weighted by Gasteiger charge is -2.19. The number of rotatable bonds is 2. The van der Waals surface area contributed by atoms with Gasteiger partial charge in [0, 0.05) is 30.0 Å². The average molecular weight is 226 g/mol. The molecule has 0 saturated carbocycles. The summed E-state index contributed by atoms with van der Waals surface area (Å²) in [6.07, 6.45) is 7.40. The van der Waals surface area contributed by atoms with E-state index < -0.39 is 0 Å². The molecule has 2 heterocycles. The van der Waals surface area contributed by atoms with E-state index in [4.69, 9.17) is 5.73 Å². The van der Waals surface area contributed by atoms with Crippen molar-refractivity contribution in [2.45, 2.75) is 24.8 Å². The van der Waals surface area contributed by atoms with Gasteiger partial charge in [0.1, 0.15) is 0 Å². The predicted molar refractivity (Wildman–Crippen MR) is 64.3 cm³/mol. The SMILES string of the molecule is NC(c1ccnnc1)C1CCc2cccnc21. The number of nitrogens with two attached hydrogens (primary N) is 1. The number of fused-ring (bicyclic) bond motifs is 1. The van der Waals surface area contributed by atoms with E-state index in [1.165, 1.54) is 5.56 Å². The van der Waals surface area contributed by atoms with Crippen molar-refractivity contribution >= 4 is 0 Å². The Kier molecular flexibility index (Phi) is 2.57. The van der Waals surface area contributed by atoms with Gasteiger partial charge in [-0.2, -0.15) is 10.2 Å². The molecule has 0 spiro atoms. The second-order valence-corrected chi connectivity index (χ2v) is 4.39. The summed E-state index contributed by atoms with van der Waals surface area (Å²) in [6.45, 7) is 0. The van der Waals surface area contributed by atoms with E-state index in [9.17, 15) is 0 Å². The molecule has 0 aromatic carbocycles. The smallest absolute Gasteiger partial charge is 0.0544 e.